The molecule has 2 nitrogen and oxygen atoms in total. The van der Waals surface area contributed by atoms with Crippen LogP contribution in [-0.4, -0.2) is 13.1 Å². The summed E-state index contributed by atoms with van der Waals surface area (Å²) in [6.45, 7) is 3.62. The van der Waals surface area contributed by atoms with Crippen LogP contribution < -0.4 is 11.1 Å². The van der Waals surface area contributed by atoms with E-state index in [1.54, 1.807) is 0 Å². The van der Waals surface area contributed by atoms with Gasteiger partial charge in [-0.05, 0) is 42.3 Å². The average molecular weight is 254 g/mol. The number of nitrogens with one attached hydrogen (secondary N) is 1. The van der Waals surface area contributed by atoms with Gasteiger partial charge in [-0.15, -0.1) is 0 Å². The van der Waals surface area contributed by atoms with Gasteiger partial charge in [0.25, 0.3) is 0 Å². The maximum Gasteiger partial charge on any atom is 0.0444 e. The van der Waals surface area contributed by atoms with Gasteiger partial charge < -0.3 is 11.1 Å². The minimum Gasteiger partial charge on any atom is -0.329 e. The first-order valence-electron chi connectivity index (χ1n) is 6.88. The zero-order valence-corrected chi connectivity index (χ0v) is 11.5. The lowest BCUT2D eigenvalue weighted by Crippen LogP contribution is -2.28. The summed E-state index contributed by atoms with van der Waals surface area (Å²) in [6.07, 6.45) is 5.29. The smallest absolute Gasteiger partial charge is 0.0444 e. The van der Waals surface area contributed by atoms with E-state index in [0.29, 0.717) is 6.54 Å². The Morgan fingerprint density at radius 1 is 1.16 bits per heavy atom. The molecule has 2 aromatic rings. The molecule has 0 heterocycles. The lowest BCUT2D eigenvalue weighted by Gasteiger charge is -2.17. The van der Waals surface area contributed by atoms with Crippen LogP contribution in [0.5, 0.6) is 0 Å². The van der Waals surface area contributed by atoms with Gasteiger partial charge in [-0.3, -0.25) is 0 Å². The number of allylic oxidation sites excluding steroid dienone is 1. The Morgan fingerprint density at radius 2 is 1.95 bits per heavy atom. The Hall–Kier alpha value is -1.64. The molecule has 1 atom stereocenters. The molecule has 0 aliphatic carbocycles. The van der Waals surface area contributed by atoms with Crippen molar-refractivity contribution in [3.63, 3.8) is 0 Å². The van der Waals surface area contributed by atoms with Crippen molar-refractivity contribution >= 4 is 10.8 Å². The molecule has 2 rings (SSSR count). The maximum absolute atomic E-state index is 5.88. The van der Waals surface area contributed by atoms with Crippen LogP contribution in [0.15, 0.2) is 54.6 Å². The van der Waals surface area contributed by atoms with E-state index in [-0.39, 0.29) is 6.04 Å². The second kappa shape index (κ2) is 7.07. The SMILES string of the molecule is C/C=C/CCNC(CN)c1ccc2ccccc2c1. The Kier molecular flexibility index (Phi) is 5.13. The Bertz CT molecular complexity index is 546. The van der Waals surface area contributed by atoms with E-state index in [2.05, 4.69) is 59.9 Å². The van der Waals surface area contributed by atoms with Crippen LogP contribution in [0.2, 0.25) is 0 Å². The molecule has 2 aromatic carbocycles. The molecule has 0 saturated carbocycles. The van der Waals surface area contributed by atoms with Gasteiger partial charge >= 0.3 is 0 Å². The minimum absolute atomic E-state index is 0.231. The van der Waals surface area contributed by atoms with Crippen LogP contribution in [0, 0.1) is 0 Å². The summed E-state index contributed by atoms with van der Waals surface area (Å²) in [5.74, 6) is 0. The van der Waals surface area contributed by atoms with Crippen molar-refractivity contribution in [2.45, 2.75) is 19.4 Å². The maximum atomic E-state index is 5.88. The van der Waals surface area contributed by atoms with Gasteiger partial charge in [0, 0.05) is 12.6 Å². The molecular formula is C17H22N2. The predicted molar refractivity (Wildman–Crippen MR) is 83.2 cm³/mol. The van der Waals surface area contributed by atoms with E-state index in [4.69, 9.17) is 5.73 Å². The summed E-state index contributed by atoms with van der Waals surface area (Å²) in [5.41, 5.74) is 7.15. The van der Waals surface area contributed by atoms with Crippen molar-refractivity contribution in [1.29, 1.82) is 0 Å². The average Bonchev–Trinajstić information content (AvgIpc) is 2.47. The summed E-state index contributed by atoms with van der Waals surface area (Å²) in [5, 5.41) is 6.05. The summed E-state index contributed by atoms with van der Waals surface area (Å²) in [7, 11) is 0. The third kappa shape index (κ3) is 3.66. The van der Waals surface area contributed by atoms with E-state index in [9.17, 15) is 0 Å². The van der Waals surface area contributed by atoms with Crippen molar-refractivity contribution in [3.05, 3.63) is 60.2 Å². The first-order valence-corrected chi connectivity index (χ1v) is 6.88. The fraction of sp³-hybridized carbons (Fsp3) is 0.294. The molecule has 1 unspecified atom stereocenters. The van der Waals surface area contributed by atoms with Gasteiger partial charge in [0.2, 0.25) is 0 Å². The second-order valence-corrected chi connectivity index (χ2v) is 4.71. The number of hydrogen-bond donors (Lipinski definition) is 2. The van der Waals surface area contributed by atoms with Crippen LogP contribution in [0.1, 0.15) is 24.9 Å². The first kappa shape index (κ1) is 13.8. The Morgan fingerprint density at radius 3 is 2.68 bits per heavy atom. The van der Waals surface area contributed by atoms with Crippen LogP contribution in [-0.2, 0) is 0 Å². The summed E-state index contributed by atoms with van der Waals surface area (Å²) in [4.78, 5) is 0. The second-order valence-electron chi connectivity index (χ2n) is 4.71. The molecule has 0 aliphatic rings. The molecule has 0 radical (unpaired) electrons. The molecule has 0 aliphatic heterocycles. The van der Waals surface area contributed by atoms with Crippen molar-refractivity contribution in [2.75, 3.05) is 13.1 Å². The normalized spacial score (nSPS) is 13.2. The van der Waals surface area contributed by atoms with E-state index in [1.807, 2.05) is 6.92 Å². The number of fused-ring (bicyclic) bond motifs is 1. The predicted octanol–water partition coefficient (Wildman–Crippen LogP) is 3.40. The highest BCUT2D eigenvalue weighted by Crippen LogP contribution is 2.19. The van der Waals surface area contributed by atoms with E-state index >= 15 is 0 Å². The first-order chi connectivity index (χ1) is 9.35. The molecule has 100 valence electrons. The minimum atomic E-state index is 0.231. The molecule has 0 bridgehead atoms. The van der Waals surface area contributed by atoms with Crippen molar-refractivity contribution in [3.8, 4) is 0 Å². The molecule has 0 aromatic heterocycles. The summed E-state index contributed by atoms with van der Waals surface area (Å²) in [6, 6.07) is 15.2. The van der Waals surface area contributed by atoms with Gasteiger partial charge in [-0.2, -0.15) is 0 Å². The highest BCUT2D eigenvalue weighted by atomic mass is 14.9. The van der Waals surface area contributed by atoms with Crippen molar-refractivity contribution in [2.24, 2.45) is 5.73 Å². The lowest BCUT2D eigenvalue weighted by molar-refractivity contribution is 0.549. The largest absolute Gasteiger partial charge is 0.329 e. The molecule has 19 heavy (non-hydrogen) atoms. The topological polar surface area (TPSA) is 38.0 Å². The third-order valence-corrected chi connectivity index (χ3v) is 3.35. The molecule has 2 heteroatoms. The standard InChI is InChI=1S/C17H22N2/c1-2-3-6-11-19-17(13-18)16-10-9-14-7-4-5-8-15(14)12-16/h2-5,7-10,12,17,19H,6,11,13,18H2,1H3/b3-2+. The number of rotatable bonds is 6. The number of hydrogen-bond acceptors (Lipinski definition) is 2. The van der Waals surface area contributed by atoms with Gasteiger partial charge in [-0.25, -0.2) is 0 Å². The lowest BCUT2D eigenvalue weighted by atomic mass is 10.0. The van der Waals surface area contributed by atoms with E-state index in [1.165, 1.54) is 16.3 Å². The van der Waals surface area contributed by atoms with Crippen molar-refractivity contribution < 1.29 is 0 Å². The monoisotopic (exact) mass is 254 g/mol. The Balaban J connectivity index is 2.11. The quantitative estimate of drug-likeness (QED) is 0.612. The number of benzene rings is 2. The summed E-state index contributed by atoms with van der Waals surface area (Å²) < 4.78 is 0. The van der Waals surface area contributed by atoms with E-state index < -0.39 is 0 Å². The Labute approximate surface area is 115 Å². The third-order valence-electron chi connectivity index (χ3n) is 3.35. The van der Waals surface area contributed by atoms with Crippen LogP contribution in [0.4, 0.5) is 0 Å². The highest BCUT2D eigenvalue weighted by molar-refractivity contribution is 5.83. The number of nitrogens with two attached hydrogens (primary N) is 1. The fourth-order valence-corrected chi connectivity index (χ4v) is 2.27. The molecular weight excluding hydrogens is 232 g/mol. The molecule has 0 saturated heterocycles. The van der Waals surface area contributed by atoms with Crippen LogP contribution in [0.25, 0.3) is 10.8 Å². The van der Waals surface area contributed by atoms with Crippen LogP contribution in [0.3, 0.4) is 0 Å². The summed E-state index contributed by atoms with van der Waals surface area (Å²) >= 11 is 0. The van der Waals surface area contributed by atoms with Gasteiger partial charge in [0.15, 0.2) is 0 Å². The molecule has 0 spiro atoms. The van der Waals surface area contributed by atoms with Crippen LogP contribution >= 0.6 is 0 Å². The van der Waals surface area contributed by atoms with Gasteiger partial charge in [0.1, 0.15) is 0 Å². The molecule has 0 fully saturated rings. The van der Waals surface area contributed by atoms with Crippen molar-refractivity contribution in [1.82, 2.24) is 5.32 Å². The molecule has 3 N–H and O–H groups in total. The van der Waals surface area contributed by atoms with Gasteiger partial charge in [0.05, 0.1) is 0 Å². The fourth-order valence-electron chi connectivity index (χ4n) is 2.27. The van der Waals surface area contributed by atoms with Gasteiger partial charge in [-0.1, -0.05) is 48.6 Å². The zero-order valence-electron chi connectivity index (χ0n) is 11.5. The highest BCUT2D eigenvalue weighted by Gasteiger charge is 2.08. The van der Waals surface area contributed by atoms with E-state index in [0.717, 1.165) is 13.0 Å². The molecule has 0 amide bonds. The zero-order chi connectivity index (χ0) is 13.5.